The monoisotopic (exact) mass is 528 g/mol. The second-order valence-electron chi connectivity index (χ2n) is 9.26. The minimum atomic E-state index is -2.00. The van der Waals surface area contributed by atoms with Crippen molar-refractivity contribution in [3.8, 4) is 5.75 Å². The van der Waals surface area contributed by atoms with Gasteiger partial charge in [-0.2, -0.15) is 0 Å². The summed E-state index contributed by atoms with van der Waals surface area (Å²) >= 11 is 0. The number of hydrogen-bond donors (Lipinski definition) is 2. The van der Waals surface area contributed by atoms with E-state index in [9.17, 15) is 9.69 Å². The summed E-state index contributed by atoms with van der Waals surface area (Å²) in [5.74, 6) is 0.803. The maximum atomic E-state index is 10.9. The molecule has 2 unspecified atom stereocenters. The topological polar surface area (TPSA) is 90.8 Å². The first kappa shape index (κ1) is 32.8. The number of hydrogen-bond acceptors (Lipinski definition) is 6. The third-order valence-electron chi connectivity index (χ3n) is 6.13. The van der Waals surface area contributed by atoms with E-state index in [0.29, 0.717) is 13.1 Å². The van der Waals surface area contributed by atoms with Gasteiger partial charge in [0.05, 0.1) is 19.7 Å². The van der Waals surface area contributed by atoms with Gasteiger partial charge in [0.25, 0.3) is 6.47 Å². The first-order chi connectivity index (χ1) is 17.7. The second-order valence-corrected chi connectivity index (χ2v) is 10.3. The number of benzene rings is 1. The molecule has 208 valence electrons. The molecule has 0 aliphatic rings. The highest BCUT2D eigenvalue weighted by atomic mass is 31.2. The zero-order valence-electron chi connectivity index (χ0n) is 22.7. The normalized spacial score (nSPS) is 12.9. The summed E-state index contributed by atoms with van der Waals surface area (Å²) in [6.45, 7) is 6.98. The van der Waals surface area contributed by atoms with Crippen LogP contribution in [0.4, 0.5) is 0 Å². The van der Waals surface area contributed by atoms with Crippen LogP contribution in [0.5, 0.6) is 5.75 Å². The molecule has 0 aliphatic heterocycles. The minimum Gasteiger partial charge on any atom is -0.489 e. The summed E-state index contributed by atoms with van der Waals surface area (Å²) < 4.78 is 21.6. The molecule has 3 N–H and O–H groups in total. The van der Waals surface area contributed by atoms with E-state index < -0.39 is 14.7 Å². The SMILES string of the molecule is CCCCCCCCCCCCCCc1ccccc1OCC(COP(O)OCC[NH2+]CC)OC=O. The second kappa shape index (κ2) is 24.1. The third-order valence-corrected chi connectivity index (χ3v) is 6.90. The van der Waals surface area contributed by atoms with Crippen molar-refractivity contribution in [1.29, 1.82) is 0 Å². The summed E-state index contributed by atoms with van der Waals surface area (Å²) in [6, 6.07) is 8.01. The average molecular weight is 529 g/mol. The van der Waals surface area contributed by atoms with Crippen molar-refractivity contribution in [1.82, 2.24) is 0 Å². The van der Waals surface area contributed by atoms with Gasteiger partial charge < -0.3 is 28.7 Å². The molecule has 0 saturated heterocycles. The van der Waals surface area contributed by atoms with Gasteiger partial charge in [0.2, 0.25) is 0 Å². The Bertz CT molecular complexity index is 636. The first-order valence-electron chi connectivity index (χ1n) is 14.1. The van der Waals surface area contributed by atoms with Crippen LogP contribution < -0.4 is 10.1 Å². The zero-order chi connectivity index (χ0) is 26.1. The van der Waals surface area contributed by atoms with Crippen LogP contribution in [-0.2, 0) is 25.0 Å². The van der Waals surface area contributed by atoms with E-state index in [1.807, 2.05) is 18.2 Å². The zero-order valence-corrected chi connectivity index (χ0v) is 23.6. The number of nitrogens with two attached hydrogens (primary N) is 1. The van der Waals surface area contributed by atoms with Gasteiger partial charge in [-0.05, 0) is 31.4 Å². The van der Waals surface area contributed by atoms with Crippen LogP contribution in [0.25, 0.3) is 0 Å². The molecule has 7 nitrogen and oxygen atoms in total. The Morgan fingerprint density at radius 1 is 0.889 bits per heavy atom. The maximum Gasteiger partial charge on any atom is 0.330 e. The highest BCUT2D eigenvalue weighted by molar-refractivity contribution is 7.40. The number of likely N-dealkylation sites (N-methyl/N-ethyl adjacent to an activating group) is 1. The predicted molar refractivity (Wildman–Crippen MR) is 146 cm³/mol. The molecule has 0 heterocycles. The molecular formula is C28H51NO6P+. The number of carbonyl (C=O) groups is 1. The highest BCUT2D eigenvalue weighted by Gasteiger charge is 2.16. The molecule has 8 heteroatoms. The summed E-state index contributed by atoms with van der Waals surface area (Å²) in [6.07, 6.45) is 16.3. The summed E-state index contributed by atoms with van der Waals surface area (Å²) in [5.41, 5.74) is 1.16. The lowest BCUT2D eigenvalue weighted by atomic mass is 10.0. The molecule has 1 aromatic rings. The number of para-hydroxylation sites is 1. The Morgan fingerprint density at radius 3 is 2.17 bits per heavy atom. The van der Waals surface area contributed by atoms with E-state index in [-0.39, 0.29) is 13.2 Å². The molecule has 0 radical (unpaired) electrons. The Hall–Kier alpha value is -1.24. The van der Waals surface area contributed by atoms with Crippen LogP contribution in [0.3, 0.4) is 0 Å². The number of aryl methyl sites for hydroxylation is 1. The Labute approximate surface area is 220 Å². The molecule has 0 amide bonds. The van der Waals surface area contributed by atoms with Gasteiger partial charge in [0, 0.05) is 0 Å². The fraction of sp³-hybridized carbons (Fsp3) is 0.750. The lowest BCUT2D eigenvalue weighted by Gasteiger charge is -2.19. The minimum absolute atomic E-state index is 0.0132. The van der Waals surface area contributed by atoms with E-state index in [4.69, 9.17) is 18.5 Å². The van der Waals surface area contributed by atoms with Crippen LogP contribution in [0.1, 0.15) is 96.5 Å². The van der Waals surface area contributed by atoms with Crippen LogP contribution in [0, 0.1) is 0 Å². The Morgan fingerprint density at radius 2 is 1.53 bits per heavy atom. The van der Waals surface area contributed by atoms with Gasteiger partial charge in [-0.3, -0.25) is 4.79 Å². The van der Waals surface area contributed by atoms with Gasteiger partial charge in [-0.1, -0.05) is 95.8 Å². The molecule has 1 aromatic carbocycles. The quantitative estimate of drug-likeness (QED) is 0.0913. The molecule has 0 aliphatic carbocycles. The standard InChI is InChI=1S/C28H50NO6P/c1-3-5-6-7-8-9-10-11-12-13-14-15-18-26-19-16-17-20-28(26)32-23-27(33-25-30)24-35-36(31)34-22-21-29-4-2/h16-17,19-20,25,27,29,31H,3-15,18,21-24H2,1-2H3/p+1. The number of rotatable bonds is 26. The van der Waals surface area contributed by atoms with Gasteiger partial charge in [0.1, 0.15) is 19.0 Å². The number of ether oxygens (including phenoxy) is 2. The molecule has 0 fully saturated rings. The van der Waals surface area contributed by atoms with Gasteiger partial charge in [0.15, 0.2) is 6.10 Å². The van der Waals surface area contributed by atoms with E-state index in [0.717, 1.165) is 37.2 Å². The summed E-state index contributed by atoms with van der Waals surface area (Å²) in [4.78, 5) is 20.8. The molecule has 2 atom stereocenters. The molecule has 36 heavy (non-hydrogen) atoms. The third kappa shape index (κ3) is 18.1. The summed E-state index contributed by atoms with van der Waals surface area (Å²) in [7, 11) is -2.00. The van der Waals surface area contributed by atoms with Crippen LogP contribution in [-0.4, -0.2) is 50.4 Å². The van der Waals surface area contributed by atoms with Crippen LogP contribution in [0.2, 0.25) is 0 Å². The van der Waals surface area contributed by atoms with Crippen molar-refractivity contribution in [2.45, 2.75) is 103 Å². The smallest absolute Gasteiger partial charge is 0.330 e. The van der Waals surface area contributed by atoms with Gasteiger partial charge >= 0.3 is 8.60 Å². The van der Waals surface area contributed by atoms with Crippen LogP contribution >= 0.6 is 8.60 Å². The molecule has 0 bridgehead atoms. The molecular weight excluding hydrogens is 477 g/mol. The van der Waals surface area contributed by atoms with Crippen molar-refractivity contribution in [2.24, 2.45) is 0 Å². The van der Waals surface area contributed by atoms with Crippen LogP contribution in [0.15, 0.2) is 24.3 Å². The van der Waals surface area contributed by atoms with Gasteiger partial charge in [-0.25, -0.2) is 0 Å². The molecule has 0 saturated carbocycles. The van der Waals surface area contributed by atoms with Crippen molar-refractivity contribution in [3.05, 3.63) is 29.8 Å². The molecule has 1 rings (SSSR count). The van der Waals surface area contributed by atoms with E-state index in [1.54, 1.807) is 0 Å². The van der Waals surface area contributed by atoms with E-state index in [1.165, 1.54) is 70.6 Å². The van der Waals surface area contributed by atoms with Crippen molar-refractivity contribution < 1.29 is 33.5 Å². The fourth-order valence-electron chi connectivity index (χ4n) is 4.00. The predicted octanol–water partition coefficient (Wildman–Crippen LogP) is 5.69. The largest absolute Gasteiger partial charge is 0.489 e. The first-order valence-corrected chi connectivity index (χ1v) is 15.2. The van der Waals surface area contributed by atoms with E-state index in [2.05, 4.69) is 25.2 Å². The number of carbonyl (C=O) groups excluding carboxylic acids is 1. The lowest BCUT2D eigenvalue weighted by Crippen LogP contribution is -2.84. The van der Waals surface area contributed by atoms with E-state index >= 15 is 0 Å². The maximum absolute atomic E-state index is 10.9. The Kier molecular flexibility index (Phi) is 22.0. The Balaban J connectivity index is 2.24. The highest BCUT2D eigenvalue weighted by Crippen LogP contribution is 2.32. The number of quaternary nitrogens is 1. The van der Waals surface area contributed by atoms with Crippen molar-refractivity contribution >= 4 is 15.1 Å². The van der Waals surface area contributed by atoms with Gasteiger partial charge in [-0.15, -0.1) is 0 Å². The fourth-order valence-corrected chi connectivity index (χ4v) is 4.63. The lowest BCUT2D eigenvalue weighted by molar-refractivity contribution is -0.652. The number of unbranched alkanes of at least 4 members (excludes halogenated alkanes) is 11. The van der Waals surface area contributed by atoms with Crippen molar-refractivity contribution in [3.63, 3.8) is 0 Å². The molecule has 0 aromatic heterocycles. The summed E-state index contributed by atoms with van der Waals surface area (Å²) in [5, 5.41) is 2.07. The van der Waals surface area contributed by atoms with Crippen molar-refractivity contribution in [2.75, 3.05) is 32.9 Å². The molecule has 0 spiro atoms. The average Bonchev–Trinajstić information content (AvgIpc) is 2.89.